The first kappa shape index (κ1) is 19.6. The van der Waals surface area contributed by atoms with E-state index in [1.54, 1.807) is 12.1 Å². The lowest BCUT2D eigenvalue weighted by Crippen LogP contribution is -2.49. The zero-order chi connectivity index (χ0) is 19.9. The van der Waals surface area contributed by atoms with Crippen molar-refractivity contribution in [2.75, 3.05) is 18.8 Å². The van der Waals surface area contributed by atoms with Crippen LogP contribution in [0.5, 0.6) is 0 Å². The number of amides is 3. The van der Waals surface area contributed by atoms with Gasteiger partial charge in [0.25, 0.3) is 5.91 Å². The van der Waals surface area contributed by atoms with Gasteiger partial charge in [0, 0.05) is 36.9 Å². The fourth-order valence-corrected chi connectivity index (χ4v) is 3.19. The third-order valence-corrected chi connectivity index (χ3v) is 4.78. The third-order valence-electron chi connectivity index (χ3n) is 4.78. The summed E-state index contributed by atoms with van der Waals surface area (Å²) in [6.45, 7) is 2.55. The summed E-state index contributed by atoms with van der Waals surface area (Å²) in [5, 5.41) is 4.82. The molecule has 0 spiro atoms. The van der Waals surface area contributed by atoms with E-state index in [2.05, 4.69) is 27.7 Å². The van der Waals surface area contributed by atoms with Gasteiger partial charge in [0.05, 0.1) is 0 Å². The number of carbonyl (C=O) groups excluding carboxylic acids is 3. The van der Waals surface area contributed by atoms with Crippen LogP contribution in [-0.2, 0) is 16.1 Å². The first-order chi connectivity index (χ1) is 13.5. The van der Waals surface area contributed by atoms with Gasteiger partial charge in [0.15, 0.2) is 0 Å². The van der Waals surface area contributed by atoms with Crippen LogP contribution in [0.4, 0.5) is 5.69 Å². The molecule has 1 saturated heterocycles. The van der Waals surface area contributed by atoms with Crippen LogP contribution in [0.2, 0.25) is 0 Å². The summed E-state index contributed by atoms with van der Waals surface area (Å²) in [6.07, 6.45) is 1.52. The van der Waals surface area contributed by atoms with E-state index in [9.17, 15) is 14.4 Å². The van der Waals surface area contributed by atoms with Crippen LogP contribution >= 0.6 is 0 Å². The van der Waals surface area contributed by atoms with Gasteiger partial charge in [-0.15, -0.1) is 0 Å². The number of likely N-dealkylation sites (tertiary alicyclic amines) is 1. The van der Waals surface area contributed by atoms with Gasteiger partial charge in [-0.3, -0.25) is 24.6 Å². The maximum atomic E-state index is 12.1. The van der Waals surface area contributed by atoms with E-state index < -0.39 is 17.7 Å². The Labute approximate surface area is 163 Å². The molecule has 3 rings (SSSR count). The van der Waals surface area contributed by atoms with E-state index in [0.717, 1.165) is 32.5 Å². The van der Waals surface area contributed by atoms with Crippen LogP contribution in [0.1, 0.15) is 28.8 Å². The Balaban J connectivity index is 1.43. The molecular formula is C21H24N4O3. The highest BCUT2D eigenvalue weighted by atomic mass is 16.2. The maximum Gasteiger partial charge on any atom is 0.316 e. The maximum absolute atomic E-state index is 12.1. The molecule has 0 aromatic heterocycles. The second-order valence-corrected chi connectivity index (χ2v) is 6.91. The quantitative estimate of drug-likeness (QED) is 0.548. The molecule has 0 atom stereocenters. The predicted molar refractivity (Wildman–Crippen MR) is 106 cm³/mol. The van der Waals surface area contributed by atoms with Gasteiger partial charge in [-0.25, -0.2) is 0 Å². The molecule has 1 fully saturated rings. The van der Waals surface area contributed by atoms with E-state index in [0.29, 0.717) is 5.69 Å². The van der Waals surface area contributed by atoms with Crippen molar-refractivity contribution in [3.63, 3.8) is 0 Å². The summed E-state index contributed by atoms with van der Waals surface area (Å²) in [5.41, 5.74) is 7.60. The number of hydrogen-bond donors (Lipinski definition) is 3. The number of nitrogens with zero attached hydrogens (tertiary/aromatic N) is 1. The number of hydrogen-bond acceptors (Lipinski definition) is 5. The van der Waals surface area contributed by atoms with Gasteiger partial charge >= 0.3 is 11.8 Å². The van der Waals surface area contributed by atoms with Crippen molar-refractivity contribution >= 4 is 23.4 Å². The normalized spacial score (nSPS) is 15.0. The highest BCUT2D eigenvalue weighted by Crippen LogP contribution is 2.14. The van der Waals surface area contributed by atoms with Crippen molar-refractivity contribution in [2.24, 2.45) is 0 Å². The van der Waals surface area contributed by atoms with Gasteiger partial charge in [-0.2, -0.15) is 0 Å². The molecule has 1 aliphatic rings. The monoisotopic (exact) mass is 380 g/mol. The third kappa shape index (κ3) is 5.40. The lowest BCUT2D eigenvalue weighted by Gasteiger charge is -2.32. The number of carbonyl (C=O) groups is 3. The van der Waals surface area contributed by atoms with Gasteiger partial charge in [-0.05, 0) is 42.7 Å². The van der Waals surface area contributed by atoms with E-state index in [1.165, 1.54) is 17.7 Å². The Kier molecular flexibility index (Phi) is 6.39. The van der Waals surface area contributed by atoms with E-state index in [4.69, 9.17) is 5.73 Å². The summed E-state index contributed by atoms with van der Waals surface area (Å²) in [6, 6.07) is 16.3. The van der Waals surface area contributed by atoms with Crippen LogP contribution in [0.15, 0.2) is 54.6 Å². The molecule has 1 aliphatic heterocycles. The van der Waals surface area contributed by atoms with Gasteiger partial charge < -0.3 is 11.1 Å². The minimum atomic E-state index is -0.950. The highest BCUT2D eigenvalue weighted by molar-refractivity contribution is 6.38. The molecule has 7 heteroatoms. The number of piperidine rings is 1. The first-order valence-corrected chi connectivity index (χ1v) is 9.29. The molecule has 1 heterocycles. The van der Waals surface area contributed by atoms with Crippen LogP contribution in [0.25, 0.3) is 0 Å². The average Bonchev–Trinajstić information content (AvgIpc) is 2.70. The summed E-state index contributed by atoms with van der Waals surface area (Å²) in [7, 11) is 0. The predicted octanol–water partition coefficient (Wildman–Crippen LogP) is 1.31. The molecule has 0 bridgehead atoms. The minimum absolute atomic E-state index is 0.0723. The number of nitrogen functional groups attached to an aromatic ring is 1. The lowest BCUT2D eigenvalue weighted by molar-refractivity contribution is -0.139. The standard InChI is InChI=1S/C21H24N4O3/c22-17-8-6-16(7-9-17)19(26)24-21(28)20(27)23-18-10-12-25(13-11-18)14-15-4-2-1-3-5-15/h1-9,18H,10-14,22H2,(H,23,27)(H,24,26,28). The van der Waals surface area contributed by atoms with Crippen molar-refractivity contribution in [3.8, 4) is 0 Å². The number of benzene rings is 2. The van der Waals surface area contributed by atoms with Crippen molar-refractivity contribution in [2.45, 2.75) is 25.4 Å². The number of rotatable bonds is 4. The second-order valence-electron chi connectivity index (χ2n) is 6.91. The number of nitrogens with two attached hydrogens (primary N) is 1. The summed E-state index contributed by atoms with van der Waals surface area (Å²) in [5.74, 6) is -2.36. The minimum Gasteiger partial charge on any atom is -0.399 e. The molecule has 2 aromatic rings. The Morgan fingerprint density at radius 1 is 0.929 bits per heavy atom. The molecule has 4 N–H and O–H groups in total. The largest absolute Gasteiger partial charge is 0.399 e. The lowest BCUT2D eigenvalue weighted by atomic mass is 10.0. The van der Waals surface area contributed by atoms with Crippen LogP contribution in [0, 0.1) is 0 Å². The Morgan fingerprint density at radius 2 is 1.57 bits per heavy atom. The summed E-state index contributed by atoms with van der Waals surface area (Å²) < 4.78 is 0. The molecule has 0 saturated carbocycles. The van der Waals surface area contributed by atoms with E-state index in [1.807, 2.05) is 18.2 Å². The number of nitrogens with one attached hydrogen (secondary N) is 2. The van der Waals surface area contributed by atoms with Crippen LogP contribution in [-0.4, -0.2) is 41.8 Å². The van der Waals surface area contributed by atoms with Crippen molar-refractivity contribution in [1.82, 2.24) is 15.5 Å². The molecule has 0 unspecified atom stereocenters. The van der Waals surface area contributed by atoms with Gasteiger partial charge in [-0.1, -0.05) is 30.3 Å². The molecule has 28 heavy (non-hydrogen) atoms. The van der Waals surface area contributed by atoms with Crippen LogP contribution < -0.4 is 16.4 Å². The molecule has 0 radical (unpaired) electrons. The second kappa shape index (κ2) is 9.14. The SMILES string of the molecule is Nc1ccc(C(=O)NC(=O)C(=O)NC2CCN(Cc3ccccc3)CC2)cc1. The molecule has 146 valence electrons. The van der Waals surface area contributed by atoms with Crippen molar-refractivity contribution < 1.29 is 14.4 Å². The van der Waals surface area contributed by atoms with Gasteiger partial charge in [0.1, 0.15) is 0 Å². The van der Waals surface area contributed by atoms with Crippen molar-refractivity contribution in [3.05, 3.63) is 65.7 Å². The number of imide groups is 1. The van der Waals surface area contributed by atoms with E-state index in [-0.39, 0.29) is 11.6 Å². The van der Waals surface area contributed by atoms with Crippen LogP contribution in [0.3, 0.4) is 0 Å². The molecule has 7 nitrogen and oxygen atoms in total. The zero-order valence-corrected chi connectivity index (χ0v) is 15.6. The topological polar surface area (TPSA) is 105 Å². The Bertz CT molecular complexity index is 828. The van der Waals surface area contributed by atoms with Gasteiger partial charge in [0.2, 0.25) is 0 Å². The molecule has 0 aliphatic carbocycles. The molecule has 2 aromatic carbocycles. The average molecular weight is 380 g/mol. The first-order valence-electron chi connectivity index (χ1n) is 9.29. The molecule has 3 amide bonds. The highest BCUT2D eigenvalue weighted by Gasteiger charge is 2.24. The Morgan fingerprint density at radius 3 is 2.21 bits per heavy atom. The fourth-order valence-electron chi connectivity index (χ4n) is 3.19. The summed E-state index contributed by atoms with van der Waals surface area (Å²) in [4.78, 5) is 38.4. The summed E-state index contributed by atoms with van der Waals surface area (Å²) >= 11 is 0. The molecular weight excluding hydrogens is 356 g/mol. The smallest absolute Gasteiger partial charge is 0.316 e. The Hall–Kier alpha value is -3.19. The zero-order valence-electron chi connectivity index (χ0n) is 15.6. The van der Waals surface area contributed by atoms with E-state index >= 15 is 0 Å². The number of anilines is 1. The van der Waals surface area contributed by atoms with Crippen molar-refractivity contribution in [1.29, 1.82) is 0 Å². The fraction of sp³-hybridized carbons (Fsp3) is 0.286.